The van der Waals surface area contributed by atoms with Gasteiger partial charge in [-0.1, -0.05) is 48.0 Å². The van der Waals surface area contributed by atoms with Gasteiger partial charge in [-0.3, -0.25) is 14.2 Å². The molecular weight excluding hydrogens is 399 g/mol. The van der Waals surface area contributed by atoms with E-state index in [4.69, 9.17) is 4.98 Å². The first-order chi connectivity index (χ1) is 14.5. The topological polar surface area (TPSA) is 52.0 Å². The van der Waals surface area contributed by atoms with Gasteiger partial charge in [-0.2, -0.15) is 0 Å². The number of benzene rings is 3. The molecule has 0 saturated carbocycles. The Morgan fingerprint density at radius 1 is 0.933 bits per heavy atom. The van der Waals surface area contributed by atoms with Crippen molar-refractivity contribution in [3.05, 3.63) is 105 Å². The molecule has 0 N–H and O–H groups in total. The van der Waals surface area contributed by atoms with Crippen molar-refractivity contribution in [1.82, 2.24) is 9.55 Å². The lowest BCUT2D eigenvalue weighted by Gasteiger charge is -2.14. The van der Waals surface area contributed by atoms with Crippen LogP contribution in [0.25, 0.3) is 37.4 Å². The molecule has 0 atom stereocenters. The van der Waals surface area contributed by atoms with Crippen LogP contribution in [0.1, 0.15) is 5.56 Å². The summed E-state index contributed by atoms with van der Waals surface area (Å²) >= 11 is 1.30. The molecule has 0 aliphatic rings. The zero-order valence-electron chi connectivity index (χ0n) is 15.9. The summed E-state index contributed by atoms with van der Waals surface area (Å²) in [6, 6.07) is 20.5. The predicted octanol–water partition coefficient (Wildman–Crippen LogP) is 5.08. The third kappa shape index (κ3) is 2.93. The van der Waals surface area contributed by atoms with Crippen molar-refractivity contribution < 1.29 is 4.39 Å². The van der Waals surface area contributed by atoms with Crippen molar-refractivity contribution in [3.8, 4) is 17.1 Å². The predicted molar refractivity (Wildman–Crippen MR) is 119 cm³/mol. The Balaban J connectivity index is 1.97. The molecule has 6 heteroatoms. The average Bonchev–Trinajstić information content (AvgIpc) is 2.74. The van der Waals surface area contributed by atoms with Crippen LogP contribution < -0.4 is 11.0 Å². The Hall–Kier alpha value is -3.64. The number of aryl methyl sites for hydroxylation is 1. The van der Waals surface area contributed by atoms with Crippen LogP contribution in [0.15, 0.2) is 82.4 Å². The first kappa shape index (κ1) is 18.4. The van der Waals surface area contributed by atoms with Crippen molar-refractivity contribution in [1.29, 1.82) is 0 Å². The summed E-state index contributed by atoms with van der Waals surface area (Å²) < 4.78 is 16.1. The molecule has 0 aliphatic carbocycles. The maximum Gasteiger partial charge on any atom is 0.271 e. The fourth-order valence-electron chi connectivity index (χ4n) is 3.50. The van der Waals surface area contributed by atoms with Gasteiger partial charge in [0.25, 0.3) is 5.56 Å². The lowest BCUT2D eigenvalue weighted by atomic mass is 10.1. The summed E-state index contributed by atoms with van der Waals surface area (Å²) in [7, 11) is 0. The maximum atomic E-state index is 14.0. The molecule has 5 rings (SSSR count). The minimum atomic E-state index is -0.506. The van der Waals surface area contributed by atoms with Gasteiger partial charge in [0.2, 0.25) is 5.43 Å². The van der Waals surface area contributed by atoms with E-state index in [-0.39, 0.29) is 10.8 Å². The Morgan fingerprint density at radius 3 is 2.47 bits per heavy atom. The second kappa shape index (κ2) is 7.00. The van der Waals surface area contributed by atoms with E-state index in [2.05, 4.69) is 0 Å². The van der Waals surface area contributed by atoms with E-state index in [1.807, 2.05) is 43.3 Å². The van der Waals surface area contributed by atoms with Crippen molar-refractivity contribution in [2.75, 3.05) is 0 Å². The van der Waals surface area contributed by atoms with Gasteiger partial charge in [-0.15, -0.1) is 11.3 Å². The van der Waals surface area contributed by atoms with E-state index in [1.54, 1.807) is 18.2 Å². The highest BCUT2D eigenvalue weighted by atomic mass is 32.1. The summed E-state index contributed by atoms with van der Waals surface area (Å²) in [6.45, 7) is 1.97. The van der Waals surface area contributed by atoms with E-state index in [0.29, 0.717) is 27.3 Å². The average molecular weight is 414 g/mol. The first-order valence-electron chi connectivity index (χ1n) is 9.34. The van der Waals surface area contributed by atoms with Gasteiger partial charge in [-0.05, 0) is 37.3 Å². The standard InChI is InChI=1S/C24H15FN2O2S/c1-14-9-11-15(12-10-14)22-26-23-20(21(28)18-7-2-3-8-19(18)30-23)24(29)27(22)17-6-4-5-16(25)13-17/h2-13H,1H3. The Morgan fingerprint density at radius 2 is 1.70 bits per heavy atom. The lowest BCUT2D eigenvalue weighted by Crippen LogP contribution is -2.26. The number of rotatable bonds is 2. The molecule has 2 aromatic heterocycles. The summed E-state index contributed by atoms with van der Waals surface area (Å²) in [5, 5.41) is 0.488. The molecule has 30 heavy (non-hydrogen) atoms. The van der Waals surface area contributed by atoms with Crippen LogP contribution in [-0.4, -0.2) is 9.55 Å². The maximum absolute atomic E-state index is 14.0. The van der Waals surface area contributed by atoms with Crippen LogP contribution >= 0.6 is 11.3 Å². The molecule has 0 spiro atoms. The second-order valence-corrected chi connectivity index (χ2v) is 8.06. The molecule has 0 unspecified atom stereocenters. The molecule has 2 heterocycles. The largest absolute Gasteiger partial charge is 0.288 e. The SMILES string of the molecule is Cc1ccc(-c2nc3sc4ccccc4c(=O)c3c(=O)n2-c2cccc(F)c2)cc1. The molecule has 3 aromatic carbocycles. The number of fused-ring (bicyclic) bond motifs is 2. The van der Waals surface area contributed by atoms with Crippen LogP contribution in [0.5, 0.6) is 0 Å². The third-order valence-corrected chi connectivity index (χ3v) is 6.06. The zero-order valence-corrected chi connectivity index (χ0v) is 16.7. The molecule has 5 aromatic rings. The van der Waals surface area contributed by atoms with Gasteiger partial charge >= 0.3 is 0 Å². The van der Waals surface area contributed by atoms with Crippen molar-refractivity contribution in [3.63, 3.8) is 0 Å². The number of halogens is 1. The molecule has 146 valence electrons. The van der Waals surface area contributed by atoms with E-state index in [0.717, 1.165) is 10.3 Å². The lowest BCUT2D eigenvalue weighted by molar-refractivity contribution is 0.626. The highest BCUT2D eigenvalue weighted by Crippen LogP contribution is 2.26. The van der Waals surface area contributed by atoms with Gasteiger partial charge in [0.05, 0.1) is 5.69 Å². The molecule has 0 fully saturated rings. The fraction of sp³-hybridized carbons (Fsp3) is 0.0417. The quantitative estimate of drug-likeness (QED) is 0.379. The summed E-state index contributed by atoms with van der Waals surface area (Å²) in [5.41, 5.74) is 1.22. The highest BCUT2D eigenvalue weighted by molar-refractivity contribution is 7.24. The molecular formula is C24H15FN2O2S. The van der Waals surface area contributed by atoms with Gasteiger partial charge in [0.1, 0.15) is 21.9 Å². The first-order valence-corrected chi connectivity index (χ1v) is 10.2. The van der Waals surface area contributed by atoms with Crippen LogP contribution in [0, 0.1) is 12.7 Å². The van der Waals surface area contributed by atoms with Crippen LogP contribution in [-0.2, 0) is 0 Å². The summed E-state index contributed by atoms with van der Waals surface area (Å²) in [4.78, 5) is 31.8. The third-order valence-electron chi connectivity index (χ3n) is 4.99. The number of nitrogens with zero attached hydrogens (tertiary/aromatic N) is 2. The van der Waals surface area contributed by atoms with Gasteiger partial charge in [0, 0.05) is 15.6 Å². The van der Waals surface area contributed by atoms with Crippen LogP contribution in [0.3, 0.4) is 0 Å². The number of hydrogen-bond acceptors (Lipinski definition) is 4. The molecule has 0 aliphatic heterocycles. The van der Waals surface area contributed by atoms with Crippen LogP contribution in [0.4, 0.5) is 4.39 Å². The highest BCUT2D eigenvalue weighted by Gasteiger charge is 2.19. The molecule has 4 nitrogen and oxygen atoms in total. The summed E-state index contributed by atoms with van der Waals surface area (Å²) in [6.07, 6.45) is 0. The monoisotopic (exact) mass is 414 g/mol. The zero-order chi connectivity index (χ0) is 20.8. The van der Waals surface area contributed by atoms with E-state index in [1.165, 1.54) is 34.1 Å². The van der Waals surface area contributed by atoms with E-state index < -0.39 is 11.4 Å². The van der Waals surface area contributed by atoms with Crippen molar-refractivity contribution in [2.24, 2.45) is 0 Å². The van der Waals surface area contributed by atoms with Gasteiger partial charge < -0.3 is 0 Å². The van der Waals surface area contributed by atoms with Crippen molar-refractivity contribution >= 4 is 31.6 Å². The minimum Gasteiger partial charge on any atom is -0.288 e. The van der Waals surface area contributed by atoms with Crippen molar-refractivity contribution in [2.45, 2.75) is 6.92 Å². The van der Waals surface area contributed by atoms with Gasteiger partial charge in [-0.25, -0.2) is 9.37 Å². The smallest absolute Gasteiger partial charge is 0.271 e. The molecule has 0 radical (unpaired) electrons. The Labute approximate surface area is 174 Å². The van der Waals surface area contributed by atoms with E-state index in [9.17, 15) is 14.0 Å². The Bertz CT molecular complexity index is 1550. The molecule has 0 amide bonds. The summed E-state index contributed by atoms with van der Waals surface area (Å²) in [5.74, 6) is -0.109. The Kier molecular flexibility index (Phi) is 4.29. The number of hydrogen-bond donors (Lipinski definition) is 0. The molecule has 0 bridgehead atoms. The van der Waals surface area contributed by atoms with Crippen LogP contribution in [0.2, 0.25) is 0 Å². The minimum absolute atomic E-state index is 0.0128. The second-order valence-electron chi connectivity index (χ2n) is 7.03. The number of aromatic nitrogens is 2. The normalized spacial score (nSPS) is 11.3. The molecule has 0 saturated heterocycles. The fourth-order valence-corrected chi connectivity index (χ4v) is 4.54. The van der Waals surface area contributed by atoms with E-state index >= 15 is 0 Å². The van der Waals surface area contributed by atoms with Gasteiger partial charge in [0.15, 0.2) is 0 Å².